The number of halogens is 3. The molecule has 1 fully saturated rings. The standard InChI is InChI=1S/C10H9Br3NO2/c1-5-9(16-5)4-14(15)10-7(12)2-6(11)3-8(10)13/h2-3,5,9H,4H2,1H3. The largest absolute Gasteiger partial charge is 0.368 e. The van der Waals surface area contributed by atoms with Crippen LogP contribution >= 0.6 is 47.8 Å². The molecule has 0 N–H and O–H groups in total. The molecule has 2 atom stereocenters. The summed E-state index contributed by atoms with van der Waals surface area (Å²) in [5.74, 6) is 0. The summed E-state index contributed by atoms with van der Waals surface area (Å²) in [6, 6.07) is 3.70. The number of nitrogens with zero attached hydrogens (tertiary/aromatic N) is 1. The van der Waals surface area contributed by atoms with Gasteiger partial charge in [-0.3, -0.25) is 0 Å². The second-order valence-electron chi connectivity index (χ2n) is 3.66. The molecule has 1 aromatic carbocycles. The molecule has 2 rings (SSSR count). The van der Waals surface area contributed by atoms with Crippen LogP contribution < -0.4 is 5.06 Å². The van der Waals surface area contributed by atoms with Gasteiger partial charge in [0.25, 0.3) is 0 Å². The molecule has 1 saturated heterocycles. The molecule has 1 aromatic rings. The summed E-state index contributed by atoms with van der Waals surface area (Å²) < 4.78 is 7.67. The fourth-order valence-corrected chi connectivity index (χ4v) is 4.10. The second kappa shape index (κ2) is 4.94. The van der Waals surface area contributed by atoms with Crippen molar-refractivity contribution in [1.29, 1.82) is 0 Å². The van der Waals surface area contributed by atoms with E-state index in [2.05, 4.69) is 47.8 Å². The molecule has 0 amide bonds. The maximum atomic E-state index is 12.0. The summed E-state index contributed by atoms with van der Waals surface area (Å²) >= 11 is 10.1. The normalized spacial score (nSPS) is 23.3. The van der Waals surface area contributed by atoms with Crippen LogP contribution in [0.1, 0.15) is 6.92 Å². The first-order valence-corrected chi connectivity index (χ1v) is 7.11. The average molecular weight is 415 g/mol. The lowest BCUT2D eigenvalue weighted by Crippen LogP contribution is -2.23. The molecule has 0 bridgehead atoms. The van der Waals surface area contributed by atoms with Crippen molar-refractivity contribution in [2.75, 3.05) is 11.6 Å². The van der Waals surface area contributed by atoms with Gasteiger partial charge in [-0.15, -0.1) is 0 Å². The lowest BCUT2D eigenvalue weighted by molar-refractivity contribution is 0.150. The van der Waals surface area contributed by atoms with Crippen LogP contribution in [0, 0.1) is 0 Å². The Morgan fingerprint density at radius 2 is 1.81 bits per heavy atom. The van der Waals surface area contributed by atoms with E-state index in [4.69, 9.17) is 4.74 Å². The number of rotatable bonds is 3. The van der Waals surface area contributed by atoms with Crippen molar-refractivity contribution < 1.29 is 9.94 Å². The number of hydrogen-bond acceptors (Lipinski definition) is 2. The van der Waals surface area contributed by atoms with Crippen LogP contribution in [0.25, 0.3) is 0 Å². The quantitative estimate of drug-likeness (QED) is 0.555. The molecule has 1 heterocycles. The minimum atomic E-state index is 0.0555. The van der Waals surface area contributed by atoms with E-state index < -0.39 is 0 Å². The minimum Gasteiger partial charge on any atom is -0.368 e. The number of ether oxygens (including phenoxy) is 1. The van der Waals surface area contributed by atoms with E-state index in [1.165, 1.54) is 0 Å². The lowest BCUT2D eigenvalue weighted by Gasteiger charge is -2.16. The molecule has 0 aliphatic carbocycles. The minimum absolute atomic E-state index is 0.0555. The van der Waals surface area contributed by atoms with Crippen molar-refractivity contribution in [2.45, 2.75) is 19.1 Å². The Hall–Kier alpha value is 0.380. The summed E-state index contributed by atoms with van der Waals surface area (Å²) in [6.45, 7) is 2.32. The smallest absolute Gasteiger partial charge is 0.104 e. The van der Waals surface area contributed by atoms with Gasteiger partial charge >= 0.3 is 0 Å². The molecule has 0 saturated carbocycles. The third-order valence-corrected chi connectivity index (χ3v) is 4.08. The molecular formula is C10H9Br3NO2. The molecule has 87 valence electrons. The highest BCUT2D eigenvalue weighted by atomic mass is 79.9. The van der Waals surface area contributed by atoms with Crippen LogP contribution in [0.5, 0.6) is 0 Å². The van der Waals surface area contributed by atoms with E-state index in [-0.39, 0.29) is 12.2 Å². The third kappa shape index (κ3) is 2.79. The molecule has 16 heavy (non-hydrogen) atoms. The highest BCUT2D eigenvalue weighted by Crippen LogP contribution is 2.37. The highest BCUT2D eigenvalue weighted by molar-refractivity contribution is 9.11. The Morgan fingerprint density at radius 3 is 2.25 bits per heavy atom. The molecule has 0 spiro atoms. The number of anilines is 1. The first-order chi connectivity index (χ1) is 7.49. The molecular weight excluding hydrogens is 406 g/mol. The van der Waals surface area contributed by atoms with Crippen LogP contribution in [-0.4, -0.2) is 18.8 Å². The number of hydrogen-bond donors (Lipinski definition) is 0. The van der Waals surface area contributed by atoms with Crippen molar-refractivity contribution in [2.24, 2.45) is 0 Å². The lowest BCUT2D eigenvalue weighted by atomic mass is 10.3. The first-order valence-electron chi connectivity index (χ1n) is 4.73. The van der Waals surface area contributed by atoms with Gasteiger partial charge in [-0.1, -0.05) is 21.1 Å². The zero-order chi connectivity index (χ0) is 11.9. The topological polar surface area (TPSA) is 35.7 Å². The van der Waals surface area contributed by atoms with Gasteiger partial charge in [0.2, 0.25) is 0 Å². The van der Waals surface area contributed by atoms with Crippen molar-refractivity contribution in [3.05, 3.63) is 25.6 Å². The van der Waals surface area contributed by atoms with Gasteiger partial charge in [0.15, 0.2) is 0 Å². The SMILES string of the molecule is CC1OC1CN([O])c1c(Br)cc(Br)cc1Br. The van der Waals surface area contributed by atoms with Crippen LogP contribution in [-0.2, 0) is 9.94 Å². The summed E-state index contributed by atoms with van der Waals surface area (Å²) in [5.41, 5.74) is 0.603. The molecule has 1 aliphatic heterocycles. The highest BCUT2D eigenvalue weighted by Gasteiger charge is 2.36. The fourth-order valence-electron chi connectivity index (χ4n) is 1.45. The van der Waals surface area contributed by atoms with E-state index in [0.29, 0.717) is 12.2 Å². The third-order valence-electron chi connectivity index (χ3n) is 2.41. The molecule has 1 radical (unpaired) electrons. The maximum Gasteiger partial charge on any atom is 0.104 e. The zero-order valence-corrected chi connectivity index (χ0v) is 13.2. The van der Waals surface area contributed by atoms with Gasteiger partial charge in [-0.25, -0.2) is 5.06 Å². The van der Waals surface area contributed by atoms with Crippen LogP contribution in [0.2, 0.25) is 0 Å². The Bertz CT molecular complexity index is 390. The predicted molar refractivity (Wildman–Crippen MR) is 71.9 cm³/mol. The molecule has 0 aromatic heterocycles. The van der Waals surface area contributed by atoms with Crippen molar-refractivity contribution >= 4 is 53.5 Å². The summed E-state index contributed by atoms with van der Waals surface area (Å²) in [7, 11) is 0. The molecule has 6 heteroatoms. The summed E-state index contributed by atoms with van der Waals surface area (Å²) in [5, 5.41) is 12.9. The Kier molecular flexibility index (Phi) is 3.96. The maximum absolute atomic E-state index is 12.0. The van der Waals surface area contributed by atoms with E-state index in [1.807, 2.05) is 19.1 Å². The van der Waals surface area contributed by atoms with E-state index >= 15 is 0 Å². The van der Waals surface area contributed by atoms with Crippen molar-refractivity contribution in [3.63, 3.8) is 0 Å². The average Bonchev–Trinajstić information content (AvgIpc) is 2.79. The number of hydroxylamine groups is 1. The van der Waals surface area contributed by atoms with Crippen molar-refractivity contribution in [3.8, 4) is 0 Å². The van der Waals surface area contributed by atoms with Crippen LogP contribution in [0.15, 0.2) is 25.6 Å². The number of benzene rings is 1. The first kappa shape index (κ1) is 12.8. The van der Waals surface area contributed by atoms with Crippen molar-refractivity contribution in [1.82, 2.24) is 0 Å². The van der Waals surface area contributed by atoms with Gasteiger partial charge in [-0.05, 0) is 50.9 Å². The van der Waals surface area contributed by atoms with Gasteiger partial charge in [0.05, 0.1) is 18.3 Å². The van der Waals surface area contributed by atoms with Gasteiger partial charge in [0.1, 0.15) is 6.10 Å². The Balaban J connectivity index is 2.18. The summed E-state index contributed by atoms with van der Waals surface area (Å²) in [6.07, 6.45) is 0.254. The van der Waals surface area contributed by atoms with Crippen LogP contribution in [0.3, 0.4) is 0 Å². The molecule has 1 aliphatic rings. The summed E-state index contributed by atoms with van der Waals surface area (Å²) in [4.78, 5) is 0. The van der Waals surface area contributed by atoms with E-state index in [9.17, 15) is 5.21 Å². The fraction of sp³-hybridized carbons (Fsp3) is 0.400. The monoisotopic (exact) mass is 412 g/mol. The van der Waals surface area contributed by atoms with Gasteiger partial charge < -0.3 is 4.74 Å². The zero-order valence-electron chi connectivity index (χ0n) is 8.41. The Morgan fingerprint density at radius 1 is 1.31 bits per heavy atom. The predicted octanol–water partition coefficient (Wildman–Crippen LogP) is 3.91. The second-order valence-corrected chi connectivity index (χ2v) is 6.28. The Labute approximate surface area is 119 Å². The number of epoxide rings is 1. The molecule has 3 nitrogen and oxygen atoms in total. The molecule has 2 unspecified atom stereocenters. The van der Waals surface area contributed by atoms with Gasteiger partial charge in [0, 0.05) is 13.4 Å². The van der Waals surface area contributed by atoms with Gasteiger partial charge in [-0.2, -0.15) is 0 Å². The van der Waals surface area contributed by atoms with E-state index in [0.717, 1.165) is 18.5 Å². The van der Waals surface area contributed by atoms with E-state index in [1.54, 1.807) is 0 Å². The van der Waals surface area contributed by atoms with Crippen LogP contribution in [0.4, 0.5) is 5.69 Å².